The molecule has 8 atom stereocenters. The summed E-state index contributed by atoms with van der Waals surface area (Å²) in [4.78, 5) is 12.4. The largest absolute Gasteiger partial charge is 0.411 e. The Bertz CT molecular complexity index is 684. The highest BCUT2D eigenvalue weighted by atomic mass is 16.4. The standard InChI is InChI=1S/C27H45NO2/c1-17(2)7-6-8-18(3)21-11-12-22-20-10-9-19-15-25(29)24(28-30)16-27(19,5)23(20)13-14-26(21,22)4/h17-23,30H,6-16H2,1-5H3/b28-24+/t18-,19+,20+,21+,22-,23+,26+,27+/m1/s1. The number of carbonyl (C=O) groups is 1. The Morgan fingerprint density at radius 3 is 2.43 bits per heavy atom. The molecule has 0 aromatic carbocycles. The maximum absolute atomic E-state index is 12.4. The highest BCUT2D eigenvalue weighted by Gasteiger charge is 2.61. The lowest BCUT2D eigenvalue weighted by molar-refractivity contribution is -0.127. The number of hydrogen-bond acceptors (Lipinski definition) is 3. The van der Waals surface area contributed by atoms with Gasteiger partial charge in [0, 0.05) is 12.8 Å². The minimum atomic E-state index is 0.0928. The zero-order valence-corrected chi connectivity index (χ0v) is 20.1. The zero-order chi connectivity index (χ0) is 21.7. The van der Waals surface area contributed by atoms with Crippen LogP contribution in [0.5, 0.6) is 0 Å². The number of Topliss-reactive ketones (excluding diaryl/α,β-unsaturated/α-hetero) is 1. The molecular weight excluding hydrogens is 370 g/mol. The van der Waals surface area contributed by atoms with Crippen molar-refractivity contribution in [2.75, 3.05) is 0 Å². The minimum absolute atomic E-state index is 0.0928. The van der Waals surface area contributed by atoms with Crippen LogP contribution in [-0.4, -0.2) is 16.7 Å². The first-order valence-corrected chi connectivity index (χ1v) is 12.9. The van der Waals surface area contributed by atoms with Crippen LogP contribution >= 0.6 is 0 Å². The van der Waals surface area contributed by atoms with E-state index >= 15 is 0 Å². The predicted octanol–water partition coefficient (Wildman–Crippen LogP) is 7.12. The second-order valence-corrected chi connectivity index (χ2v) is 12.5. The molecule has 0 aliphatic heterocycles. The Kier molecular flexibility index (Phi) is 6.14. The summed E-state index contributed by atoms with van der Waals surface area (Å²) < 4.78 is 0. The SMILES string of the molecule is CC(C)CCC[C@@H](C)[C@@H]1CC[C@@H]2[C@@H]3CC[C@H]4CC(=O)/C(=N/O)C[C@]4(C)[C@H]3CC[C@]21C. The molecule has 4 saturated carbocycles. The van der Waals surface area contributed by atoms with E-state index < -0.39 is 0 Å². The second-order valence-electron chi connectivity index (χ2n) is 12.5. The van der Waals surface area contributed by atoms with Crippen molar-refractivity contribution in [3.63, 3.8) is 0 Å². The molecule has 0 aromatic heterocycles. The fourth-order valence-corrected chi connectivity index (χ4v) is 9.06. The number of ketones is 1. The van der Waals surface area contributed by atoms with Crippen LogP contribution in [0.1, 0.15) is 105 Å². The van der Waals surface area contributed by atoms with E-state index in [-0.39, 0.29) is 11.2 Å². The monoisotopic (exact) mass is 415 g/mol. The Morgan fingerprint density at radius 2 is 1.73 bits per heavy atom. The van der Waals surface area contributed by atoms with E-state index in [1.807, 2.05) is 0 Å². The smallest absolute Gasteiger partial charge is 0.180 e. The van der Waals surface area contributed by atoms with Crippen LogP contribution in [0.4, 0.5) is 0 Å². The zero-order valence-electron chi connectivity index (χ0n) is 20.1. The van der Waals surface area contributed by atoms with Crippen LogP contribution in [0.2, 0.25) is 0 Å². The van der Waals surface area contributed by atoms with Crippen LogP contribution in [0.3, 0.4) is 0 Å². The summed E-state index contributed by atoms with van der Waals surface area (Å²) >= 11 is 0. The lowest BCUT2D eigenvalue weighted by atomic mass is 9.44. The van der Waals surface area contributed by atoms with Gasteiger partial charge >= 0.3 is 0 Å². The number of nitrogens with zero attached hydrogens (tertiary/aromatic N) is 1. The summed E-state index contributed by atoms with van der Waals surface area (Å²) in [6.07, 6.45) is 13.5. The molecule has 0 unspecified atom stereocenters. The van der Waals surface area contributed by atoms with Gasteiger partial charge in [-0.2, -0.15) is 0 Å². The molecule has 4 aliphatic carbocycles. The Labute approximate surface area is 184 Å². The van der Waals surface area contributed by atoms with Gasteiger partial charge in [0.15, 0.2) is 5.78 Å². The quantitative estimate of drug-likeness (QED) is 0.384. The van der Waals surface area contributed by atoms with Crippen LogP contribution in [0.15, 0.2) is 5.16 Å². The number of oxime groups is 1. The number of fused-ring (bicyclic) bond motifs is 5. The molecule has 0 saturated heterocycles. The minimum Gasteiger partial charge on any atom is -0.411 e. The van der Waals surface area contributed by atoms with E-state index in [1.54, 1.807) is 0 Å². The van der Waals surface area contributed by atoms with E-state index in [1.165, 1.54) is 57.8 Å². The van der Waals surface area contributed by atoms with Gasteiger partial charge in [-0.15, -0.1) is 0 Å². The van der Waals surface area contributed by atoms with Gasteiger partial charge in [-0.05, 0) is 90.8 Å². The van der Waals surface area contributed by atoms with Crippen molar-refractivity contribution in [1.82, 2.24) is 0 Å². The summed E-state index contributed by atoms with van der Waals surface area (Å²) in [6, 6.07) is 0. The van der Waals surface area contributed by atoms with Gasteiger partial charge in [0.2, 0.25) is 0 Å². The van der Waals surface area contributed by atoms with Crippen molar-refractivity contribution in [2.45, 2.75) is 105 Å². The lowest BCUT2D eigenvalue weighted by Gasteiger charge is -2.60. The van der Waals surface area contributed by atoms with Gasteiger partial charge in [-0.25, -0.2) is 0 Å². The Morgan fingerprint density at radius 1 is 1.00 bits per heavy atom. The molecule has 0 amide bonds. The van der Waals surface area contributed by atoms with Gasteiger partial charge in [0.1, 0.15) is 5.71 Å². The molecule has 3 nitrogen and oxygen atoms in total. The number of carbonyl (C=O) groups excluding carboxylic acids is 1. The molecular formula is C27H45NO2. The molecule has 0 heterocycles. The van der Waals surface area contributed by atoms with Gasteiger partial charge < -0.3 is 5.21 Å². The second kappa shape index (κ2) is 8.24. The van der Waals surface area contributed by atoms with Crippen LogP contribution < -0.4 is 0 Å². The molecule has 3 heteroatoms. The van der Waals surface area contributed by atoms with Gasteiger partial charge in [-0.1, -0.05) is 59.0 Å². The van der Waals surface area contributed by atoms with E-state index in [2.05, 4.69) is 39.8 Å². The lowest BCUT2D eigenvalue weighted by Crippen LogP contribution is -2.55. The number of rotatable bonds is 5. The molecule has 4 aliphatic rings. The van der Waals surface area contributed by atoms with E-state index in [0.29, 0.717) is 35.8 Å². The Hall–Kier alpha value is -0.860. The molecule has 4 fully saturated rings. The van der Waals surface area contributed by atoms with E-state index in [4.69, 9.17) is 0 Å². The topological polar surface area (TPSA) is 49.7 Å². The third-order valence-corrected chi connectivity index (χ3v) is 10.7. The summed E-state index contributed by atoms with van der Waals surface area (Å²) in [5.41, 5.74) is 1.12. The van der Waals surface area contributed by atoms with Crippen molar-refractivity contribution in [1.29, 1.82) is 0 Å². The van der Waals surface area contributed by atoms with Crippen LogP contribution in [0, 0.1) is 52.3 Å². The third kappa shape index (κ3) is 3.56. The fourth-order valence-electron chi connectivity index (χ4n) is 9.06. The van der Waals surface area contributed by atoms with Gasteiger partial charge in [0.05, 0.1) is 0 Å². The molecule has 30 heavy (non-hydrogen) atoms. The summed E-state index contributed by atoms with van der Waals surface area (Å²) in [6.45, 7) is 12.3. The van der Waals surface area contributed by atoms with Crippen molar-refractivity contribution in [3.05, 3.63) is 0 Å². The fraction of sp³-hybridized carbons (Fsp3) is 0.926. The first-order valence-electron chi connectivity index (χ1n) is 12.9. The van der Waals surface area contributed by atoms with Crippen LogP contribution in [-0.2, 0) is 4.79 Å². The Balaban J connectivity index is 1.50. The molecule has 170 valence electrons. The summed E-state index contributed by atoms with van der Waals surface area (Å²) in [5, 5.41) is 12.8. The first kappa shape index (κ1) is 22.3. The van der Waals surface area contributed by atoms with Crippen molar-refractivity contribution < 1.29 is 10.0 Å². The van der Waals surface area contributed by atoms with Gasteiger partial charge in [-0.3, -0.25) is 4.79 Å². The molecule has 0 aromatic rings. The maximum Gasteiger partial charge on any atom is 0.180 e. The van der Waals surface area contributed by atoms with Crippen LogP contribution in [0.25, 0.3) is 0 Å². The third-order valence-electron chi connectivity index (χ3n) is 10.7. The van der Waals surface area contributed by atoms with Gasteiger partial charge in [0.25, 0.3) is 0 Å². The highest BCUT2D eigenvalue weighted by molar-refractivity contribution is 6.40. The van der Waals surface area contributed by atoms with Crippen molar-refractivity contribution in [2.24, 2.45) is 57.4 Å². The molecule has 1 N–H and O–H groups in total. The average Bonchev–Trinajstić information content (AvgIpc) is 3.05. The molecule has 4 rings (SSSR count). The maximum atomic E-state index is 12.4. The molecule has 0 bridgehead atoms. The number of hydrogen-bond donors (Lipinski definition) is 1. The molecule has 0 radical (unpaired) electrons. The first-order chi connectivity index (χ1) is 14.2. The normalized spacial score (nSPS) is 45.9. The van der Waals surface area contributed by atoms with Crippen molar-refractivity contribution >= 4 is 11.5 Å². The summed E-state index contributed by atoms with van der Waals surface area (Å²) in [5.74, 6) is 5.53. The van der Waals surface area contributed by atoms with E-state index in [9.17, 15) is 10.0 Å². The average molecular weight is 416 g/mol. The molecule has 0 spiro atoms. The highest BCUT2D eigenvalue weighted by Crippen LogP contribution is 2.68. The van der Waals surface area contributed by atoms with Crippen molar-refractivity contribution in [3.8, 4) is 0 Å². The summed E-state index contributed by atoms with van der Waals surface area (Å²) in [7, 11) is 0. The predicted molar refractivity (Wildman–Crippen MR) is 123 cm³/mol. The van der Waals surface area contributed by atoms with E-state index in [0.717, 1.165) is 29.6 Å².